The lowest BCUT2D eigenvalue weighted by Crippen LogP contribution is -2.27. The predicted octanol–water partition coefficient (Wildman–Crippen LogP) is 14.1. The Hall–Kier alpha value is -5.42. The largest absolute Gasteiger partial charge is 0.478 e. The molecule has 0 bridgehead atoms. The molecule has 394 valence electrons. The minimum absolute atomic E-state index is 0.102. The predicted molar refractivity (Wildman–Crippen MR) is 275 cm³/mol. The number of alkyl halides is 6. The standard InChI is InChI=1S/C21H12Cl3F3N2O3.C15H12BrCl2F3N2O.C12H15ClN2O3/c22-11-7-16(28-8-10-4-5-15(23)14(6-10)21(25,26)27)18(29-9-11)19(30)12-2-1-3-13(17(12)24)20(31)32;1-24-8-23(13-5-10(17)6-22-14(13)16)7-9-2-3-12(18)11(4-9)15(19,20)21;1-14(2)11(16)8-6-5-7-9(10(8)13)12(17)15(3)18-4/h1-7,9,28H,8H2,(H,31,32);2-6H,7-8H2,1H3;5-7H,1-4H3. The molecule has 0 saturated heterocycles. The first-order chi connectivity index (χ1) is 34.6. The number of carbonyl (C=O) groups excluding carboxylic acids is 3. The third-order valence-corrected chi connectivity index (χ3v) is 12.4. The molecule has 6 aromatic rings. The molecule has 2 heterocycles. The average Bonchev–Trinajstić information content (AvgIpc) is 3.33. The van der Waals surface area contributed by atoms with Crippen LogP contribution in [-0.2, 0) is 35.0 Å². The maximum atomic E-state index is 13.1. The number of rotatable bonds is 14. The van der Waals surface area contributed by atoms with Crippen molar-refractivity contribution in [2.24, 2.45) is 0 Å². The number of ketones is 1. The van der Waals surface area contributed by atoms with Gasteiger partial charge in [0.25, 0.3) is 11.8 Å². The minimum atomic E-state index is -4.63. The highest BCUT2D eigenvalue weighted by molar-refractivity contribution is 9.10. The fourth-order valence-corrected chi connectivity index (χ4v) is 8.11. The summed E-state index contributed by atoms with van der Waals surface area (Å²) >= 11 is 38.7. The first-order valence-electron chi connectivity index (χ1n) is 20.6. The summed E-state index contributed by atoms with van der Waals surface area (Å²) in [7, 11) is 7.57. The second-order valence-electron chi connectivity index (χ2n) is 15.3. The Balaban J connectivity index is 0.000000251. The highest BCUT2D eigenvalue weighted by atomic mass is 79.9. The lowest BCUT2D eigenvalue weighted by atomic mass is 10.0. The number of aromatic carboxylic acids is 1. The van der Waals surface area contributed by atoms with Gasteiger partial charge in [0.2, 0.25) is 5.78 Å². The van der Waals surface area contributed by atoms with E-state index in [1.54, 1.807) is 43.3 Å². The van der Waals surface area contributed by atoms with Crippen molar-refractivity contribution in [1.82, 2.24) is 19.9 Å². The van der Waals surface area contributed by atoms with Crippen molar-refractivity contribution >= 4 is 120 Å². The van der Waals surface area contributed by atoms with Crippen molar-refractivity contribution < 1.29 is 60.2 Å². The van der Waals surface area contributed by atoms with E-state index in [0.717, 1.165) is 23.3 Å². The van der Waals surface area contributed by atoms with Crippen LogP contribution in [0.15, 0.2) is 102 Å². The van der Waals surface area contributed by atoms with E-state index in [1.165, 1.54) is 81.0 Å². The summed E-state index contributed by atoms with van der Waals surface area (Å²) in [5.74, 6) is -2.66. The Morgan fingerprint density at radius 2 is 1.18 bits per heavy atom. The summed E-state index contributed by atoms with van der Waals surface area (Å²) in [6.07, 6.45) is -6.47. The number of ether oxygens (including phenoxy) is 1. The maximum absolute atomic E-state index is 13.1. The van der Waals surface area contributed by atoms with Crippen molar-refractivity contribution in [3.05, 3.63) is 182 Å². The van der Waals surface area contributed by atoms with Gasteiger partial charge in [-0.05, 0) is 87.7 Å². The first kappa shape index (κ1) is 61.1. The van der Waals surface area contributed by atoms with Crippen LogP contribution in [0.2, 0.25) is 30.1 Å². The molecule has 0 aliphatic heterocycles. The number of nitrogens with one attached hydrogen (secondary N) is 1. The third-order valence-electron chi connectivity index (χ3n) is 9.91. The van der Waals surface area contributed by atoms with Crippen LogP contribution in [0.4, 0.5) is 37.7 Å². The van der Waals surface area contributed by atoms with Gasteiger partial charge in [-0.15, -0.1) is 0 Å². The summed E-state index contributed by atoms with van der Waals surface area (Å²) in [5, 5.41) is 12.8. The number of hydroxylamine groups is 2. The van der Waals surface area contributed by atoms with Crippen LogP contribution in [0.3, 0.4) is 0 Å². The maximum Gasteiger partial charge on any atom is 0.417 e. The van der Waals surface area contributed by atoms with Crippen LogP contribution < -0.4 is 10.2 Å². The molecule has 2 aromatic heterocycles. The number of pyridine rings is 2. The van der Waals surface area contributed by atoms with Crippen LogP contribution >= 0.6 is 85.5 Å². The van der Waals surface area contributed by atoms with Crippen LogP contribution in [0.1, 0.15) is 69.4 Å². The van der Waals surface area contributed by atoms with Gasteiger partial charge in [0, 0.05) is 59.3 Å². The molecule has 26 heteroatoms. The van der Waals surface area contributed by atoms with Gasteiger partial charge in [-0.1, -0.05) is 93.9 Å². The Labute approximate surface area is 457 Å². The fourth-order valence-electron chi connectivity index (χ4n) is 6.31. The Kier molecular flexibility index (Phi) is 22.2. The van der Waals surface area contributed by atoms with E-state index in [9.17, 15) is 50.6 Å². The van der Waals surface area contributed by atoms with Gasteiger partial charge in [-0.3, -0.25) is 19.2 Å². The Bertz CT molecular complexity index is 3030. The smallest absolute Gasteiger partial charge is 0.417 e. The second kappa shape index (κ2) is 26.9. The number of amides is 2. The van der Waals surface area contributed by atoms with Crippen molar-refractivity contribution in [2.75, 3.05) is 52.3 Å². The zero-order chi connectivity index (χ0) is 55.4. The van der Waals surface area contributed by atoms with E-state index in [-0.39, 0.29) is 85.0 Å². The molecule has 2 N–H and O–H groups in total. The SMILES string of the molecule is COCN(Cc1ccc(Cl)c(C(F)(F)F)c1)c1cc(Cl)cnc1Br.CON(C)C(=O)c1cccc(C(=O)N(C)C)c1Cl.O=C(O)c1cccc(C(=O)c2ncc(Cl)cc2NCc2ccc(Cl)c(C(F)(F)F)c2)c1Cl. The number of nitrogens with zero attached hydrogens (tertiary/aromatic N) is 5. The van der Waals surface area contributed by atoms with Gasteiger partial charge >= 0.3 is 18.3 Å². The van der Waals surface area contributed by atoms with Crippen LogP contribution in [-0.4, -0.2) is 90.7 Å². The molecule has 0 atom stereocenters. The number of carbonyl (C=O) groups is 4. The van der Waals surface area contributed by atoms with E-state index in [2.05, 4.69) is 31.2 Å². The van der Waals surface area contributed by atoms with Crippen molar-refractivity contribution in [3.8, 4) is 0 Å². The first-order valence-corrected chi connectivity index (χ1v) is 23.7. The lowest BCUT2D eigenvalue weighted by Gasteiger charge is -2.25. The number of hydrogen-bond acceptors (Lipinski definition) is 10. The number of carboxylic acid groups (broad SMARTS) is 1. The summed E-state index contributed by atoms with van der Waals surface area (Å²) in [6.45, 7) is 0.199. The summed E-state index contributed by atoms with van der Waals surface area (Å²) < 4.78 is 83.9. The normalized spacial score (nSPS) is 11.1. The molecule has 0 radical (unpaired) electrons. The highest BCUT2D eigenvalue weighted by Crippen LogP contribution is 2.38. The summed E-state index contributed by atoms with van der Waals surface area (Å²) in [4.78, 5) is 64.1. The molecule has 6 rings (SSSR count). The lowest BCUT2D eigenvalue weighted by molar-refractivity contribution is -0.138. The van der Waals surface area contributed by atoms with E-state index >= 15 is 0 Å². The topological polar surface area (TPSA) is 155 Å². The fraction of sp³-hybridized carbons (Fsp3) is 0.208. The van der Waals surface area contributed by atoms with Gasteiger partial charge in [-0.25, -0.2) is 19.8 Å². The zero-order valence-corrected chi connectivity index (χ0v) is 45.0. The zero-order valence-electron chi connectivity index (χ0n) is 38.9. The average molecular weight is 1220 g/mol. The van der Waals surface area contributed by atoms with E-state index in [4.69, 9.17) is 79.2 Å². The molecule has 0 aliphatic carbocycles. The molecule has 0 fully saturated rings. The van der Waals surface area contributed by atoms with Gasteiger partial charge < -0.3 is 25.0 Å². The number of anilines is 2. The van der Waals surface area contributed by atoms with Crippen LogP contribution in [0.5, 0.6) is 0 Å². The number of carboxylic acids is 1. The van der Waals surface area contributed by atoms with Gasteiger partial charge in [0.15, 0.2) is 0 Å². The molecule has 13 nitrogen and oxygen atoms in total. The molecule has 4 aromatic carbocycles. The summed E-state index contributed by atoms with van der Waals surface area (Å²) in [6, 6.07) is 18.9. The molecular weight excluding hydrogens is 1180 g/mol. The monoisotopic (exact) mass is 1210 g/mol. The molecule has 0 saturated carbocycles. The third kappa shape index (κ3) is 16.3. The van der Waals surface area contributed by atoms with Gasteiger partial charge in [-0.2, -0.15) is 26.3 Å². The van der Waals surface area contributed by atoms with E-state index in [0.29, 0.717) is 20.9 Å². The number of benzene rings is 4. The molecule has 74 heavy (non-hydrogen) atoms. The number of halogens is 13. The molecule has 0 aliphatic rings. The second-order valence-corrected chi connectivity index (χ2v) is 18.5. The quantitative estimate of drug-likeness (QED) is 0.0352. The van der Waals surface area contributed by atoms with Crippen molar-refractivity contribution in [2.45, 2.75) is 25.4 Å². The Morgan fingerprint density at radius 1 is 0.676 bits per heavy atom. The van der Waals surface area contributed by atoms with Crippen LogP contribution in [0.25, 0.3) is 0 Å². The van der Waals surface area contributed by atoms with Crippen molar-refractivity contribution in [3.63, 3.8) is 0 Å². The number of hydrogen-bond donors (Lipinski definition) is 2. The van der Waals surface area contributed by atoms with Gasteiger partial charge in [0.1, 0.15) is 17.0 Å². The van der Waals surface area contributed by atoms with Crippen LogP contribution in [0, 0.1) is 0 Å². The molecule has 0 spiro atoms. The number of aromatic nitrogens is 2. The molecule has 0 unspecified atom stereocenters. The summed E-state index contributed by atoms with van der Waals surface area (Å²) in [5.41, 5.74) is -0.442. The highest BCUT2D eigenvalue weighted by Gasteiger charge is 2.34. The Morgan fingerprint density at radius 3 is 1.72 bits per heavy atom. The minimum Gasteiger partial charge on any atom is -0.478 e. The van der Waals surface area contributed by atoms with E-state index < -0.39 is 46.2 Å². The van der Waals surface area contributed by atoms with E-state index in [1.807, 2.05) is 0 Å². The molecular formula is C48H39BrCl6F6N6O7. The molecule has 2 amide bonds. The van der Waals surface area contributed by atoms with Crippen molar-refractivity contribution in [1.29, 1.82) is 0 Å². The number of methoxy groups -OCH3 is 1. The van der Waals surface area contributed by atoms with Gasteiger partial charge in [0.05, 0.1) is 76.4 Å².